The number of nitrogens with zero attached hydrogens (tertiary/aromatic N) is 5. The standard InChI is InChI=1S/C17H19N7O/c1-2-8-18-13(3-1)16-22-21-15-5-4-14(23-24(15)16)19-9-12-10-20-17(6-7-17)11-25-12/h1-5,8,12,20H,6-7,9-11H2,(H,19,23). The highest BCUT2D eigenvalue weighted by Gasteiger charge is 2.45. The van der Waals surface area contributed by atoms with Gasteiger partial charge in [0.15, 0.2) is 5.65 Å². The predicted molar refractivity (Wildman–Crippen MR) is 92.2 cm³/mol. The topological polar surface area (TPSA) is 89.3 Å². The van der Waals surface area contributed by atoms with Crippen molar-refractivity contribution in [2.45, 2.75) is 24.5 Å². The molecule has 0 radical (unpaired) electrons. The smallest absolute Gasteiger partial charge is 0.203 e. The molecule has 2 N–H and O–H groups in total. The molecular formula is C17H19N7O. The third-order valence-corrected chi connectivity index (χ3v) is 4.82. The lowest BCUT2D eigenvalue weighted by Gasteiger charge is -2.30. The van der Waals surface area contributed by atoms with Gasteiger partial charge in [0, 0.05) is 24.8 Å². The first kappa shape index (κ1) is 14.7. The summed E-state index contributed by atoms with van der Waals surface area (Å²) in [5, 5.41) is 19.9. The Kier molecular flexibility index (Phi) is 3.39. The van der Waals surface area contributed by atoms with E-state index in [0.717, 1.165) is 24.7 Å². The third-order valence-electron chi connectivity index (χ3n) is 4.82. The van der Waals surface area contributed by atoms with Gasteiger partial charge in [0.05, 0.1) is 12.7 Å². The minimum Gasteiger partial charge on any atom is -0.373 e. The molecule has 1 spiro atoms. The number of ether oxygens (including phenoxy) is 1. The molecule has 1 saturated heterocycles. The van der Waals surface area contributed by atoms with Crippen LogP contribution in [-0.2, 0) is 4.74 Å². The molecule has 0 bridgehead atoms. The molecule has 5 rings (SSSR count). The zero-order valence-electron chi connectivity index (χ0n) is 13.7. The van der Waals surface area contributed by atoms with E-state index in [4.69, 9.17) is 4.74 Å². The van der Waals surface area contributed by atoms with Gasteiger partial charge in [-0.25, -0.2) is 0 Å². The molecule has 0 amide bonds. The van der Waals surface area contributed by atoms with Crippen molar-refractivity contribution in [1.29, 1.82) is 0 Å². The second-order valence-electron chi connectivity index (χ2n) is 6.70. The van der Waals surface area contributed by atoms with Crippen LogP contribution in [0.5, 0.6) is 0 Å². The van der Waals surface area contributed by atoms with Crippen LogP contribution in [-0.4, -0.2) is 56.1 Å². The summed E-state index contributed by atoms with van der Waals surface area (Å²) in [7, 11) is 0. The molecular weight excluding hydrogens is 318 g/mol. The Morgan fingerprint density at radius 1 is 1.24 bits per heavy atom. The van der Waals surface area contributed by atoms with Gasteiger partial charge in [-0.3, -0.25) is 4.98 Å². The van der Waals surface area contributed by atoms with Gasteiger partial charge in [0.2, 0.25) is 5.82 Å². The van der Waals surface area contributed by atoms with Crippen molar-refractivity contribution in [3.63, 3.8) is 0 Å². The quantitative estimate of drug-likeness (QED) is 0.737. The van der Waals surface area contributed by atoms with E-state index in [1.54, 1.807) is 10.7 Å². The summed E-state index contributed by atoms with van der Waals surface area (Å²) in [6, 6.07) is 9.49. The number of pyridine rings is 1. The van der Waals surface area contributed by atoms with Crippen LogP contribution in [0.4, 0.5) is 5.82 Å². The highest BCUT2D eigenvalue weighted by Crippen LogP contribution is 2.37. The van der Waals surface area contributed by atoms with Crippen LogP contribution in [0.3, 0.4) is 0 Å². The van der Waals surface area contributed by atoms with Crippen LogP contribution in [0.1, 0.15) is 12.8 Å². The van der Waals surface area contributed by atoms with E-state index >= 15 is 0 Å². The van der Waals surface area contributed by atoms with Crippen molar-refractivity contribution in [3.8, 4) is 11.5 Å². The fourth-order valence-corrected chi connectivity index (χ4v) is 3.08. The molecule has 4 heterocycles. The van der Waals surface area contributed by atoms with Crippen LogP contribution >= 0.6 is 0 Å². The molecule has 25 heavy (non-hydrogen) atoms. The molecule has 0 aromatic carbocycles. The average molecular weight is 337 g/mol. The number of nitrogens with one attached hydrogen (secondary N) is 2. The van der Waals surface area contributed by atoms with E-state index in [0.29, 0.717) is 18.0 Å². The number of morpholine rings is 1. The Balaban J connectivity index is 1.32. The first-order chi connectivity index (χ1) is 12.3. The molecule has 3 aromatic heterocycles. The zero-order valence-corrected chi connectivity index (χ0v) is 13.7. The van der Waals surface area contributed by atoms with Crippen LogP contribution in [0, 0.1) is 0 Å². The van der Waals surface area contributed by atoms with Gasteiger partial charge in [-0.2, -0.15) is 4.52 Å². The molecule has 2 fully saturated rings. The predicted octanol–water partition coefficient (Wildman–Crippen LogP) is 1.12. The molecule has 1 aliphatic carbocycles. The van der Waals surface area contributed by atoms with Gasteiger partial charge in [-0.05, 0) is 37.1 Å². The van der Waals surface area contributed by atoms with Crippen molar-refractivity contribution in [1.82, 2.24) is 30.1 Å². The summed E-state index contributed by atoms with van der Waals surface area (Å²) in [4.78, 5) is 4.33. The fraction of sp³-hybridized carbons (Fsp3) is 0.412. The average Bonchev–Trinajstić information content (AvgIpc) is 3.29. The second-order valence-corrected chi connectivity index (χ2v) is 6.70. The maximum Gasteiger partial charge on any atom is 0.203 e. The highest BCUT2D eigenvalue weighted by molar-refractivity contribution is 5.55. The molecule has 1 unspecified atom stereocenters. The molecule has 1 atom stereocenters. The number of hydrogen-bond donors (Lipinski definition) is 2. The van der Waals surface area contributed by atoms with Gasteiger partial charge in [-0.1, -0.05) is 6.07 Å². The summed E-state index contributed by atoms with van der Waals surface area (Å²) in [6.07, 6.45) is 4.35. The lowest BCUT2D eigenvalue weighted by atomic mass is 10.2. The van der Waals surface area contributed by atoms with Crippen molar-refractivity contribution >= 4 is 11.5 Å². The SMILES string of the molecule is c1ccc(-c2nnc3ccc(NCC4CNC5(CC5)CO4)nn23)nc1. The van der Waals surface area contributed by atoms with Crippen LogP contribution in [0.25, 0.3) is 17.2 Å². The fourth-order valence-electron chi connectivity index (χ4n) is 3.08. The second kappa shape index (κ2) is 5.75. The van der Waals surface area contributed by atoms with E-state index in [1.807, 2.05) is 30.3 Å². The minimum absolute atomic E-state index is 0.153. The van der Waals surface area contributed by atoms with Gasteiger partial charge >= 0.3 is 0 Å². The van der Waals surface area contributed by atoms with Gasteiger partial charge in [0.25, 0.3) is 0 Å². The largest absolute Gasteiger partial charge is 0.373 e. The molecule has 8 nitrogen and oxygen atoms in total. The molecule has 2 aliphatic rings. The van der Waals surface area contributed by atoms with E-state index in [-0.39, 0.29) is 11.6 Å². The van der Waals surface area contributed by atoms with Crippen molar-refractivity contribution in [2.24, 2.45) is 0 Å². The van der Waals surface area contributed by atoms with E-state index in [1.165, 1.54) is 12.8 Å². The van der Waals surface area contributed by atoms with Crippen molar-refractivity contribution < 1.29 is 4.74 Å². The third kappa shape index (κ3) is 2.83. The van der Waals surface area contributed by atoms with Crippen molar-refractivity contribution in [2.75, 3.05) is 25.0 Å². The minimum atomic E-state index is 0.153. The lowest BCUT2D eigenvalue weighted by Crippen LogP contribution is -2.50. The van der Waals surface area contributed by atoms with Crippen molar-refractivity contribution in [3.05, 3.63) is 36.5 Å². The van der Waals surface area contributed by atoms with Gasteiger partial charge in [0.1, 0.15) is 11.5 Å². The van der Waals surface area contributed by atoms with Crippen LogP contribution < -0.4 is 10.6 Å². The van der Waals surface area contributed by atoms with Gasteiger partial charge < -0.3 is 15.4 Å². The summed E-state index contributed by atoms with van der Waals surface area (Å²) < 4.78 is 7.66. The number of aromatic nitrogens is 5. The Bertz CT molecular complexity index is 880. The molecule has 128 valence electrons. The van der Waals surface area contributed by atoms with E-state index in [9.17, 15) is 0 Å². The summed E-state index contributed by atoms with van der Waals surface area (Å²) in [5.74, 6) is 1.39. The zero-order chi connectivity index (χ0) is 16.7. The monoisotopic (exact) mass is 337 g/mol. The highest BCUT2D eigenvalue weighted by atomic mass is 16.5. The Labute approximate surface area is 144 Å². The summed E-state index contributed by atoms with van der Waals surface area (Å²) in [5.41, 5.74) is 1.72. The molecule has 1 saturated carbocycles. The molecule has 8 heteroatoms. The molecule has 1 aliphatic heterocycles. The maximum absolute atomic E-state index is 5.95. The number of hydrogen-bond acceptors (Lipinski definition) is 7. The number of rotatable bonds is 4. The Morgan fingerprint density at radius 3 is 2.96 bits per heavy atom. The first-order valence-electron chi connectivity index (χ1n) is 8.56. The van der Waals surface area contributed by atoms with E-state index in [2.05, 4.69) is 30.9 Å². The van der Waals surface area contributed by atoms with E-state index < -0.39 is 0 Å². The molecule has 3 aromatic rings. The Hall–Kier alpha value is -2.58. The maximum atomic E-state index is 5.95. The van der Waals surface area contributed by atoms with Gasteiger partial charge in [-0.15, -0.1) is 15.3 Å². The normalized spacial score (nSPS) is 21.5. The summed E-state index contributed by atoms with van der Waals surface area (Å²) >= 11 is 0. The summed E-state index contributed by atoms with van der Waals surface area (Å²) in [6.45, 7) is 2.39. The van der Waals surface area contributed by atoms with Crippen LogP contribution in [0.2, 0.25) is 0 Å². The number of anilines is 1. The number of fused-ring (bicyclic) bond motifs is 1. The first-order valence-corrected chi connectivity index (χ1v) is 8.56. The Morgan fingerprint density at radius 2 is 2.20 bits per heavy atom. The van der Waals surface area contributed by atoms with Crippen LogP contribution in [0.15, 0.2) is 36.5 Å². The lowest BCUT2D eigenvalue weighted by molar-refractivity contribution is 0.00470.